The smallest absolute Gasteiger partial charge is 0.303 e. The van der Waals surface area contributed by atoms with E-state index in [1.54, 1.807) is 32.8 Å². The number of rotatable bonds is 7. The minimum Gasteiger partial charge on any atom is -0.457 e. The van der Waals surface area contributed by atoms with Crippen LogP contribution in [0.5, 0.6) is 0 Å². The molecule has 2 spiro atoms. The van der Waals surface area contributed by atoms with E-state index >= 15 is 0 Å². The number of hydrogen-bond donors (Lipinski definition) is 2. The highest BCUT2D eigenvalue weighted by molar-refractivity contribution is 5.77. The van der Waals surface area contributed by atoms with Crippen LogP contribution < -0.4 is 0 Å². The summed E-state index contributed by atoms with van der Waals surface area (Å²) in [6, 6.07) is 0. The second-order valence-electron chi connectivity index (χ2n) is 19.7. The van der Waals surface area contributed by atoms with Gasteiger partial charge >= 0.3 is 5.97 Å². The van der Waals surface area contributed by atoms with Gasteiger partial charge in [-0.1, -0.05) is 34.6 Å². The summed E-state index contributed by atoms with van der Waals surface area (Å²) in [6.45, 7) is 19.0. The van der Waals surface area contributed by atoms with Gasteiger partial charge in [0.25, 0.3) is 0 Å². The first-order valence-electron chi connectivity index (χ1n) is 19.7. The van der Waals surface area contributed by atoms with Crippen LogP contribution in [-0.4, -0.2) is 115 Å². The molecule has 0 aromatic carbocycles. The molecule has 2 N–H and O–H groups in total. The van der Waals surface area contributed by atoms with Crippen LogP contribution in [0.25, 0.3) is 0 Å². The van der Waals surface area contributed by atoms with Crippen LogP contribution in [0.4, 0.5) is 0 Å². The number of carbonyl (C=O) groups excluding carboxylic acids is 2. The van der Waals surface area contributed by atoms with Gasteiger partial charge in [-0.15, -0.1) is 0 Å². The molecule has 5 saturated carbocycles. The second-order valence-corrected chi connectivity index (χ2v) is 19.7. The van der Waals surface area contributed by atoms with Crippen molar-refractivity contribution in [2.75, 3.05) is 40.3 Å². The SMILES string of the molecule is CC(=O)O[C@@H]([C@H]1C[C@@H](C)[C@H]2C(O1)[C@H](O)[C@@]1(C)[C@@H]3CC[C@H]4C(C)(C)[C@@H](O[C@H]5CN(CC(=O)N(C)C)CCO5)CC[C@@]45C[C@@]35CC[C@]21C)C(C)(C)O. The summed E-state index contributed by atoms with van der Waals surface area (Å²) in [5, 5.41) is 23.6. The van der Waals surface area contributed by atoms with Crippen LogP contribution in [0.15, 0.2) is 0 Å². The van der Waals surface area contributed by atoms with E-state index in [-0.39, 0.29) is 63.3 Å². The highest BCUT2D eigenvalue weighted by Crippen LogP contribution is 2.89. The maximum absolute atomic E-state index is 12.6. The van der Waals surface area contributed by atoms with Crippen molar-refractivity contribution in [2.24, 2.45) is 50.7 Å². The second kappa shape index (κ2) is 12.1. The van der Waals surface area contributed by atoms with Crippen LogP contribution >= 0.6 is 0 Å². The number of likely N-dealkylation sites (N-methyl/N-ethyl adjacent to an activating group) is 1. The molecule has 2 saturated heterocycles. The summed E-state index contributed by atoms with van der Waals surface area (Å²) in [5.74, 6) is 1.09. The lowest BCUT2D eigenvalue weighted by Crippen LogP contribution is -2.60. The summed E-state index contributed by atoms with van der Waals surface area (Å²) < 4.78 is 25.5. The van der Waals surface area contributed by atoms with Gasteiger partial charge in [-0.25, -0.2) is 0 Å². The molecule has 5 aliphatic carbocycles. The molecule has 14 atom stereocenters. The average molecular weight is 703 g/mol. The zero-order chi connectivity index (χ0) is 36.4. The summed E-state index contributed by atoms with van der Waals surface area (Å²) >= 11 is 0. The standard InChI is InChI=1S/C40H66N2O8/c1-23-19-25(34(36(5,6)46)48-24(2)43)49-32-31(23)37(7)15-16-40-22-39(40)14-13-28(50-30-21-42(17-18-47-30)20-29(44)41(9)10)35(3,4)26(39)11-12-27(40)38(37,8)33(32)45/h23,25-28,30-34,45-46H,11-22H2,1-10H3/t23-,25-,26+,27+,28+,30+,31+,32?,33+,34+,37-,38-,39-,40+/m1/s1. The maximum atomic E-state index is 12.6. The Morgan fingerprint density at radius 1 is 1.04 bits per heavy atom. The first-order chi connectivity index (χ1) is 23.2. The molecule has 7 rings (SSSR count). The van der Waals surface area contributed by atoms with Crippen molar-refractivity contribution in [3.05, 3.63) is 0 Å². The molecule has 1 amide bonds. The van der Waals surface area contributed by atoms with Crippen LogP contribution in [0, 0.1) is 50.7 Å². The van der Waals surface area contributed by atoms with Crippen LogP contribution in [0.2, 0.25) is 0 Å². The molecule has 0 radical (unpaired) electrons. The van der Waals surface area contributed by atoms with E-state index < -0.39 is 29.9 Å². The predicted octanol–water partition coefficient (Wildman–Crippen LogP) is 4.63. The molecule has 7 fully saturated rings. The lowest BCUT2D eigenvalue weighted by atomic mass is 9.41. The summed E-state index contributed by atoms with van der Waals surface area (Å²) in [7, 11) is 3.60. The van der Waals surface area contributed by atoms with Gasteiger partial charge in [0.2, 0.25) is 5.91 Å². The number of carbonyl (C=O) groups is 2. The molecule has 10 nitrogen and oxygen atoms in total. The Morgan fingerprint density at radius 2 is 1.72 bits per heavy atom. The van der Waals surface area contributed by atoms with E-state index in [0.29, 0.717) is 38.0 Å². The Hall–Kier alpha value is -1.30. The number of ether oxygens (including phenoxy) is 4. The highest BCUT2D eigenvalue weighted by atomic mass is 16.7. The number of aliphatic hydroxyl groups is 2. The molecular weight excluding hydrogens is 636 g/mol. The molecule has 2 heterocycles. The fourth-order valence-electron chi connectivity index (χ4n) is 14.0. The Bertz CT molecular complexity index is 1350. The number of esters is 1. The van der Waals surface area contributed by atoms with Gasteiger partial charge in [0, 0.05) is 33.0 Å². The van der Waals surface area contributed by atoms with Crippen LogP contribution in [0.1, 0.15) is 107 Å². The molecule has 1 unspecified atom stereocenters. The van der Waals surface area contributed by atoms with Gasteiger partial charge in [0.1, 0.15) is 0 Å². The molecule has 2 aliphatic heterocycles. The van der Waals surface area contributed by atoms with Crippen molar-refractivity contribution in [3.8, 4) is 0 Å². The van der Waals surface area contributed by atoms with E-state index in [2.05, 4.69) is 39.5 Å². The fourth-order valence-corrected chi connectivity index (χ4v) is 14.0. The monoisotopic (exact) mass is 702 g/mol. The number of amides is 1. The lowest BCUT2D eigenvalue weighted by Gasteiger charge is -2.64. The van der Waals surface area contributed by atoms with Gasteiger partial charge in [-0.05, 0) is 111 Å². The van der Waals surface area contributed by atoms with Gasteiger partial charge in [-0.3, -0.25) is 14.5 Å². The molecule has 7 aliphatic rings. The molecule has 284 valence electrons. The maximum Gasteiger partial charge on any atom is 0.303 e. The molecule has 0 aromatic heterocycles. The summed E-state index contributed by atoms with van der Waals surface area (Å²) in [5.41, 5.74) is -1.17. The van der Waals surface area contributed by atoms with Gasteiger partial charge in [0.15, 0.2) is 12.4 Å². The minimum atomic E-state index is -1.27. The zero-order valence-corrected chi connectivity index (χ0v) is 32.5. The van der Waals surface area contributed by atoms with Crippen molar-refractivity contribution in [1.29, 1.82) is 0 Å². The van der Waals surface area contributed by atoms with Crippen molar-refractivity contribution >= 4 is 11.9 Å². The largest absolute Gasteiger partial charge is 0.457 e. The molecule has 10 heteroatoms. The van der Waals surface area contributed by atoms with E-state index in [1.165, 1.54) is 19.8 Å². The van der Waals surface area contributed by atoms with E-state index in [1.807, 2.05) is 0 Å². The first kappa shape index (κ1) is 37.0. The Balaban J connectivity index is 1.10. The third kappa shape index (κ3) is 5.22. The Kier molecular flexibility index (Phi) is 8.97. The lowest BCUT2D eigenvalue weighted by molar-refractivity contribution is -0.248. The van der Waals surface area contributed by atoms with Crippen molar-refractivity contribution in [2.45, 2.75) is 149 Å². The first-order valence-corrected chi connectivity index (χ1v) is 19.7. The van der Waals surface area contributed by atoms with Gasteiger partial charge < -0.3 is 34.1 Å². The molecule has 50 heavy (non-hydrogen) atoms. The predicted molar refractivity (Wildman–Crippen MR) is 188 cm³/mol. The van der Waals surface area contributed by atoms with E-state index in [0.717, 1.165) is 38.6 Å². The number of morpholine rings is 1. The third-order valence-electron chi connectivity index (χ3n) is 16.4. The van der Waals surface area contributed by atoms with Gasteiger partial charge in [-0.2, -0.15) is 0 Å². The van der Waals surface area contributed by atoms with E-state index in [4.69, 9.17) is 18.9 Å². The zero-order valence-electron chi connectivity index (χ0n) is 32.5. The van der Waals surface area contributed by atoms with Crippen LogP contribution in [-0.2, 0) is 28.5 Å². The van der Waals surface area contributed by atoms with Crippen molar-refractivity contribution in [1.82, 2.24) is 9.80 Å². The Morgan fingerprint density at radius 3 is 2.38 bits per heavy atom. The third-order valence-corrected chi connectivity index (χ3v) is 16.4. The minimum absolute atomic E-state index is 0.0184. The van der Waals surface area contributed by atoms with E-state index in [9.17, 15) is 19.8 Å². The number of fused-ring (bicyclic) bond motifs is 4. The number of aliphatic hydroxyl groups excluding tert-OH is 1. The highest BCUT2D eigenvalue weighted by Gasteiger charge is 2.84. The summed E-state index contributed by atoms with van der Waals surface area (Å²) in [6.07, 6.45) is 6.13. The summed E-state index contributed by atoms with van der Waals surface area (Å²) in [4.78, 5) is 28.3. The van der Waals surface area contributed by atoms with Crippen molar-refractivity contribution < 1.29 is 38.7 Å². The quantitative estimate of drug-likeness (QED) is 0.366. The molecule has 0 aromatic rings. The fraction of sp³-hybridized carbons (Fsp3) is 0.950. The average Bonchev–Trinajstić information content (AvgIpc) is 3.65. The Labute approximate surface area is 300 Å². The number of nitrogens with zero attached hydrogens (tertiary/aromatic N) is 2. The number of hydrogen-bond acceptors (Lipinski definition) is 9. The topological polar surface area (TPSA) is 118 Å². The van der Waals surface area contributed by atoms with Crippen molar-refractivity contribution in [3.63, 3.8) is 0 Å². The van der Waals surface area contributed by atoms with Gasteiger partial charge in [0.05, 0.1) is 49.7 Å². The molecular formula is C40H66N2O8. The normalized spacial score (nSPS) is 48.6. The van der Waals surface area contributed by atoms with Crippen LogP contribution in [0.3, 0.4) is 0 Å². The molecule has 0 bridgehead atoms.